The molecule has 0 saturated carbocycles. The summed E-state index contributed by atoms with van der Waals surface area (Å²) in [4.78, 5) is 4.33. The molecule has 4 heteroatoms. The third-order valence-corrected chi connectivity index (χ3v) is 2.94. The molecule has 1 heterocycles. The molecule has 1 aromatic carbocycles. The van der Waals surface area contributed by atoms with Gasteiger partial charge in [0.15, 0.2) is 0 Å². The lowest BCUT2D eigenvalue weighted by Gasteiger charge is -2.08. The van der Waals surface area contributed by atoms with E-state index in [0.717, 1.165) is 31.1 Å². The van der Waals surface area contributed by atoms with E-state index < -0.39 is 0 Å². The molecule has 4 nitrogen and oxygen atoms in total. The molecule has 0 fully saturated rings. The maximum absolute atomic E-state index is 5.15. The van der Waals surface area contributed by atoms with Crippen molar-refractivity contribution in [2.24, 2.45) is 0 Å². The van der Waals surface area contributed by atoms with Crippen LogP contribution >= 0.6 is 0 Å². The van der Waals surface area contributed by atoms with Gasteiger partial charge in [0.2, 0.25) is 0 Å². The highest BCUT2D eigenvalue weighted by Gasteiger charge is 2.01. The molecule has 0 spiro atoms. The van der Waals surface area contributed by atoms with Crippen LogP contribution in [0.2, 0.25) is 0 Å². The topological polar surface area (TPSA) is 39.1 Å². The molecule has 1 aromatic heterocycles. The first-order valence-corrected chi connectivity index (χ1v) is 6.11. The van der Waals surface area contributed by atoms with Crippen LogP contribution < -0.4 is 10.1 Å². The van der Waals surface area contributed by atoms with Crippen molar-refractivity contribution in [3.63, 3.8) is 0 Å². The van der Waals surface area contributed by atoms with Crippen LogP contribution in [-0.2, 0) is 19.5 Å². The molecule has 0 aliphatic heterocycles. The first-order valence-electron chi connectivity index (χ1n) is 6.11. The smallest absolute Gasteiger partial charge is 0.122 e. The number of aromatic nitrogens is 2. The lowest BCUT2D eigenvalue weighted by Crippen LogP contribution is -2.13. The predicted molar refractivity (Wildman–Crippen MR) is 71.7 cm³/mol. The van der Waals surface area contributed by atoms with Crippen LogP contribution in [0.3, 0.4) is 0 Å². The Balaban J connectivity index is 1.95. The van der Waals surface area contributed by atoms with Gasteiger partial charge in [-0.05, 0) is 31.2 Å². The molecule has 0 atom stereocenters. The highest BCUT2D eigenvalue weighted by atomic mass is 16.5. The van der Waals surface area contributed by atoms with E-state index >= 15 is 0 Å². The van der Waals surface area contributed by atoms with Crippen LogP contribution in [0.15, 0.2) is 36.7 Å². The second-order valence-electron chi connectivity index (χ2n) is 4.17. The second-order valence-corrected chi connectivity index (χ2v) is 4.17. The van der Waals surface area contributed by atoms with Crippen molar-refractivity contribution < 1.29 is 4.74 Å². The van der Waals surface area contributed by atoms with Crippen LogP contribution in [0, 0.1) is 0 Å². The van der Waals surface area contributed by atoms with E-state index in [1.54, 1.807) is 7.11 Å². The van der Waals surface area contributed by atoms with E-state index in [1.807, 2.05) is 31.6 Å². The van der Waals surface area contributed by atoms with Gasteiger partial charge in [-0.15, -0.1) is 0 Å². The highest BCUT2D eigenvalue weighted by molar-refractivity contribution is 5.27. The molecule has 0 aliphatic carbocycles. The molecule has 0 aliphatic rings. The summed E-state index contributed by atoms with van der Waals surface area (Å²) in [6, 6.07) is 8.20. The summed E-state index contributed by atoms with van der Waals surface area (Å²) in [5.74, 6) is 1.98. The minimum absolute atomic E-state index is 0.801. The number of ether oxygens (including phenoxy) is 1. The van der Waals surface area contributed by atoms with Crippen LogP contribution in [0.5, 0.6) is 5.75 Å². The number of hydrogen-bond donors (Lipinski definition) is 1. The number of nitrogens with one attached hydrogen (secondary N) is 1. The zero-order valence-corrected chi connectivity index (χ0v) is 10.9. The molecule has 0 unspecified atom stereocenters. The maximum Gasteiger partial charge on any atom is 0.122 e. The van der Waals surface area contributed by atoms with Gasteiger partial charge in [0.1, 0.15) is 11.6 Å². The van der Waals surface area contributed by atoms with Crippen LogP contribution in [0.1, 0.15) is 11.4 Å². The van der Waals surface area contributed by atoms with E-state index in [2.05, 4.69) is 27.0 Å². The molecule has 0 radical (unpaired) electrons. The van der Waals surface area contributed by atoms with E-state index in [-0.39, 0.29) is 0 Å². The Morgan fingerprint density at radius 1 is 1.28 bits per heavy atom. The van der Waals surface area contributed by atoms with Crippen molar-refractivity contribution in [3.8, 4) is 5.75 Å². The Labute approximate surface area is 108 Å². The summed E-state index contributed by atoms with van der Waals surface area (Å²) in [5.41, 5.74) is 1.31. The monoisotopic (exact) mass is 245 g/mol. The van der Waals surface area contributed by atoms with Crippen molar-refractivity contribution in [2.45, 2.75) is 19.5 Å². The molecule has 0 saturated heterocycles. The second kappa shape index (κ2) is 6.21. The van der Waals surface area contributed by atoms with Crippen molar-refractivity contribution in [1.82, 2.24) is 14.9 Å². The Morgan fingerprint density at radius 2 is 2.06 bits per heavy atom. The number of hydrogen-bond acceptors (Lipinski definition) is 3. The molecule has 1 N–H and O–H groups in total. The van der Waals surface area contributed by atoms with Crippen molar-refractivity contribution in [3.05, 3.63) is 48.0 Å². The van der Waals surface area contributed by atoms with E-state index in [9.17, 15) is 0 Å². The molecular weight excluding hydrogens is 226 g/mol. The maximum atomic E-state index is 5.15. The van der Waals surface area contributed by atoms with Gasteiger partial charge >= 0.3 is 0 Å². The van der Waals surface area contributed by atoms with E-state index in [0.29, 0.717) is 0 Å². The Morgan fingerprint density at radius 3 is 2.72 bits per heavy atom. The normalized spacial score (nSPS) is 10.6. The number of aryl methyl sites for hydroxylation is 2. The molecule has 0 amide bonds. The minimum atomic E-state index is 0.801. The van der Waals surface area contributed by atoms with Gasteiger partial charge in [-0.2, -0.15) is 0 Å². The van der Waals surface area contributed by atoms with Crippen LogP contribution in [0.25, 0.3) is 0 Å². The average molecular weight is 245 g/mol. The fourth-order valence-electron chi connectivity index (χ4n) is 1.91. The summed E-state index contributed by atoms with van der Waals surface area (Å²) in [7, 11) is 3.62. The van der Waals surface area contributed by atoms with Gasteiger partial charge in [-0.25, -0.2) is 4.98 Å². The molecule has 0 bridgehead atoms. The van der Waals surface area contributed by atoms with E-state index in [4.69, 9.17) is 4.74 Å². The van der Waals surface area contributed by atoms with Crippen LogP contribution in [-0.4, -0.2) is 23.7 Å². The first kappa shape index (κ1) is 12.6. The average Bonchev–Trinajstić information content (AvgIpc) is 2.85. The molecular formula is C14H19N3O. The number of imidazole rings is 1. The quantitative estimate of drug-likeness (QED) is 0.844. The molecule has 96 valence electrons. The van der Waals surface area contributed by atoms with E-state index in [1.165, 1.54) is 5.56 Å². The Bertz CT molecular complexity index is 476. The summed E-state index contributed by atoms with van der Waals surface area (Å²) < 4.78 is 7.33. The lowest BCUT2D eigenvalue weighted by molar-refractivity contribution is 0.414. The number of methoxy groups -OCH3 is 1. The fraction of sp³-hybridized carbons (Fsp3) is 0.357. The summed E-state index contributed by atoms with van der Waals surface area (Å²) >= 11 is 0. The zero-order chi connectivity index (χ0) is 12.8. The number of benzene rings is 1. The van der Waals surface area contributed by atoms with Crippen LogP contribution in [0.4, 0.5) is 0 Å². The first-order chi connectivity index (χ1) is 8.83. The summed E-state index contributed by atoms with van der Waals surface area (Å²) in [5, 5.41) is 3.12. The molecule has 18 heavy (non-hydrogen) atoms. The molecule has 2 aromatic rings. The molecule has 2 rings (SSSR count). The standard InChI is InChI=1S/C14H19N3O/c1-15-11-14-16-8-10-17(14)9-7-12-3-5-13(18-2)6-4-12/h3-6,8,10,15H,7,9,11H2,1-2H3. The summed E-state index contributed by atoms with van der Waals surface area (Å²) in [6.07, 6.45) is 4.87. The van der Waals surface area contributed by atoms with Crippen molar-refractivity contribution in [2.75, 3.05) is 14.2 Å². The third-order valence-electron chi connectivity index (χ3n) is 2.94. The van der Waals surface area contributed by atoms with Gasteiger partial charge < -0.3 is 14.6 Å². The third kappa shape index (κ3) is 3.11. The highest BCUT2D eigenvalue weighted by Crippen LogP contribution is 2.12. The fourth-order valence-corrected chi connectivity index (χ4v) is 1.91. The Hall–Kier alpha value is -1.81. The van der Waals surface area contributed by atoms with Crippen molar-refractivity contribution in [1.29, 1.82) is 0 Å². The van der Waals surface area contributed by atoms with Gasteiger partial charge in [0.25, 0.3) is 0 Å². The number of rotatable bonds is 6. The van der Waals surface area contributed by atoms with Gasteiger partial charge in [0.05, 0.1) is 13.7 Å². The largest absolute Gasteiger partial charge is 0.497 e. The van der Waals surface area contributed by atoms with Gasteiger partial charge in [-0.1, -0.05) is 12.1 Å². The Kier molecular flexibility index (Phi) is 4.36. The predicted octanol–water partition coefficient (Wildman–Crippen LogP) is 1.85. The van der Waals surface area contributed by atoms with Gasteiger partial charge in [0, 0.05) is 18.9 Å². The number of nitrogens with zero attached hydrogens (tertiary/aromatic N) is 2. The minimum Gasteiger partial charge on any atom is -0.497 e. The zero-order valence-electron chi connectivity index (χ0n) is 10.9. The lowest BCUT2D eigenvalue weighted by atomic mass is 10.1. The van der Waals surface area contributed by atoms with Gasteiger partial charge in [-0.3, -0.25) is 0 Å². The SMILES string of the molecule is CNCc1nccn1CCc1ccc(OC)cc1. The summed E-state index contributed by atoms with van der Waals surface area (Å²) in [6.45, 7) is 1.75. The van der Waals surface area contributed by atoms with Crippen molar-refractivity contribution >= 4 is 0 Å².